The molecule has 142 valence electrons. The van der Waals surface area contributed by atoms with Gasteiger partial charge in [-0.3, -0.25) is 9.59 Å². The third-order valence-electron chi connectivity index (χ3n) is 3.46. The van der Waals surface area contributed by atoms with Crippen LogP contribution in [0.4, 0.5) is 5.69 Å². The number of Topliss-reactive ketones (excluding diaryl/α,β-unsaturated/α-hetero) is 1. The summed E-state index contributed by atoms with van der Waals surface area (Å²) in [5, 5.41) is 3.25. The number of ketones is 1. The highest BCUT2D eigenvalue weighted by molar-refractivity contribution is 6.35. The SMILES string of the molecule is CC(=O)c1cccc(OCC(=O)O[C@@H](C)C(=O)Nc2cc(Cl)ccc2Cl)c1. The molecule has 2 rings (SSSR count). The van der Waals surface area contributed by atoms with E-state index in [2.05, 4.69) is 5.32 Å². The van der Waals surface area contributed by atoms with Crippen molar-refractivity contribution in [1.29, 1.82) is 0 Å². The minimum Gasteiger partial charge on any atom is -0.482 e. The molecule has 1 amide bonds. The molecule has 1 atom stereocenters. The molecule has 2 aromatic rings. The fourth-order valence-corrected chi connectivity index (χ4v) is 2.40. The van der Waals surface area contributed by atoms with E-state index < -0.39 is 24.6 Å². The lowest BCUT2D eigenvalue weighted by atomic mass is 10.1. The minimum atomic E-state index is -1.07. The predicted molar refractivity (Wildman–Crippen MR) is 103 cm³/mol. The zero-order chi connectivity index (χ0) is 20.0. The van der Waals surface area contributed by atoms with Gasteiger partial charge in [-0.05, 0) is 44.2 Å². The summed E-state index contributed by atoms with van der Waals surface area (Å²) in [4.78, 5) is 35.4. The molecule has 1 N–H and O–H groups in total. The summed E-state index contributed by atoms with van der Waals surface area (Å²) in [6, 6.07) is 11.0. The summed E-state index contributed by atoms with van der Waals surface area (Å²) in [6.45, 7) is 2.44. The van der Waals surface area contributed by atoms with Gasteiger partial charge in [-0.1, -0.05) is 35.3 Å². The Kier molecular flexibility index (Phi) is 7.21. The highest BCUT2D eigenvalue weighted by Crippen LogP contribution is 2.25. The topological polar surface area (TPSA) is 81.7 Å². The normalized spacial score (nSPS) is 11.4. The van der Waals surface area contributed by atoms with Gasteiger partial charge in [-0.15, -0.1) is 0 Å². The molecule has 0 bridgehead atoms. The van der Waals surface area contributed by atoms with Crippen LogP contribution in [0.15, 0.2) is 42.5 Å². The van der Waals surface area contributed by atoms with Gasteiger partial charge in [0.2, 0.25) is 0 Å². The zero-order valence-corrected chi connectivity index (χ0v) is 16.1. The number of nitrogens with one attached hydrogen (secondary N) is 1. The lowest BCUT2D eigenvalue weighted by Crippen LogP contribution is -2.31. The van der Waals surface area contributed by atoms with Crippen LogP contribution < -0.4 is 10.1 Å². The van der Waals surface area contributed by atoms with E-state index in [4.69, 9.17) is 32.7 Å². The number of benzene rings is 2. The summed E-state index contributed by atoms with van der Waals surface area (Å²) >= 11 is 11.8. The fraction of sp³-hybridized carbons (Fsp3) is 0.211. The smallest absolute Gasteiger partial charge is 0.344 e. The van der Waals surface area contributed by atoms with Crippen LogP contribution in [0.2, 0.25) is 10.0 Å². The summed E-state index contributed by atoms with van der Waals surface area (Å²) < 4.78 is 10.3. The average molecular weight is 410 g/mol. The van der Waals surface area contributed by atoms with Crippen LogP contribution >= 0.6 is 23.2 Å². The number of carbonyl (C=O) groups is 3. The lowest BCUT2D eigenvalue weighted by molar-refractivity contribution is -0.155. The number of rotatable bonds is 7. The largest absolute Gasteiger partial charge is 0.482 e. The van der Waals surface area contributed by atoms with Crippen LogP contribution in [0.25, 0.3) is 0 Å². The average Bonchev–Trinajstić information content (AvgIpc) is 2.63. The summed E-state index contributed by atoms with van der Waals surface area (Å²) in [6.07, 6.45) is -1.07. The van der Waals surface area contributed by atoms with Crippen LogP contribution in [0.5, 0.6) is 5.75 Å². The Morgan fingerprint density at radius 3 is 2.56 bits per heavy atom. The molecule has 0 aliphatic heterocycles. The first-order valence-electron chi connectivity index (χ1n) is 7.95. The van der Waals surface area contributed by atoms with Crippen LogP contribution in [0.3, 0.4) is 0 Å². The van der Waals surface area contributed by atoms with Crippen molar-refractivity contribution in [3.05, 3.63) is 58.1 Å². The second kappa shape index (κ2) is 9.39. The Labute approximate surface area is 166 Å². The second-order valence-electron chi connectivity index (χ2n) is 5.62. The van der Waals surface area contributed by atoms with Gasteiger partial charge in [0.05, 0.1) is 10.7 Å². The minimum absolute atomic E-state index is 0.118. The molecule has 0 spiro atoms. The highest BCUT2D eigenvalue weighted by Gasteiger charge is 2.19. The molecule has 2 aromatic carbocycles. The van der Waals surface area contributed by atoms with E-state index in [0.29, 0.717) is 27.0 Å². The van der Waals surface area contributed by atoms with Crippen molar-refractivity contribution in [2.24, 2.45) is 0 Å². The summed E-state index contributed by atoms with van der Waals surface area (Å²) in [5.74, 6) is -1.07. The van der Waals surface area contributed by atoms with Gasteiger partial charge in [0, 0.05) is 10.6 Å². The van der Waals surface area contributed by atoms with E-state index in [9.17, 15) is 14.4 Å². The fourth-order valence-electron chi connectivity index (χ4n) is 2.06. The predicted octanol–water partition coefficient (Wildman–Crippen LogP) is 4.15. The van der Waals surface area contributed by atoms with E-state index in [1.165, 1.54) is 26.0 Å². The van der Waals surface area contributed by atoms with Gasteiger partial charge >= 0.3 is 5.97 Å². The third-order valence-corrected chi connectivity index (χ3v) is 4.03. The molecule has 0 aliphatic carbocycles. The van der Waals surface area contributed by atoms with Gasteiger partial charge in [-0.25, -0.2) is 4.79 Å². The molecule has 0 saturated heterocycles. The molecule has 0 radical (unpaired) electrons. The number of hydrogen-bond donors (Lipinski definition) is 1. The first-order valence-corrected chi connectivity index (χ1v) is 8.71. The van der Waals surface area contributed by atoms with Crippen LogP contribution in [-0.2, 0) is 14.3 Å². The van der Waals surface area contributed by atoms with Crippen LogP contribution in [0, 0.1) is 0 Å². The first-order chi connectivity index (χ1) is 12.8. The van der Waals surface area contributed by atoms with Gasteiger partial charge in [0.15, 0.2) is 18.5 Å². The number of anilines is 1. The van der Waals surface area contributed by atoms with Gasteiger partial charge in [0.25, 0.3) is 5.91 Å². The van der Waals surface area contributed by atoms with Crippen molar-refractivity contribution in [2.75, 3.05) is 11.9 Å². The van der Waals surface area contributed by atoms with E-state index >= 15 is 0 Å². The van der Waals surface area contributed by atoms with Crippen molar-refractivity contribution >= 4 is 46.5 Å². The third kappa shape index (κ3) is 6.27. The Bertz CT molecular complexity index is 869. The van der Waals surface area contributed by atoms with Crippen molar-refractivity contribution in [2.45, 2.75) is 20.0 Å². The van der Waals surface area contributed by atoms with E-state index in [1.807, 2.05) is 0 Å². The molecule has 0 heterocycles. The molecule has 0 aromatic heterocycles. The summed E-state index contributed by atoms with van der Waals surface area (Å²) in [5.41, 5.74) is 0.779. The molecule has 0 unspecified atom stereocenters. The number of carbonyl (C=O) groups excluding carboxylic acids is 3. The Balaban J connectivity index is 1.87. The molecule has 27 heavy (non-hydrogen) atoms. The second-order valence-corrected chi connectivity index (χ2v) is 6.46. The molecule has 0 fully saturated rings. The Hall–Kier alpha value is -2.57. The Morgan fingerprint density at radius 2 is 1.85 bits per heavy atom. The van der Waals surface area contributed by atoms with Crippen molar-refractivity contribution < 1.29 is 23.9 Å². The van der Waals surface area contributed by atoms with Gasteiger partial charge in [0.1, 0.15) is 5.75 Å². The number of esters is 1. The van der Waals surface area contributed by atoms with Crippen molar-refractivity contribution in [3.63, 3.8) is 0 Å². The molecular weight excluding hydrogens is 393 g/mol. The first kappa shape index (κ1) is 20.7. The molecule has 0 aliphatic rings. The van der Waals surface area contributed by atoms with Crippen LogP contribution in [0.1, 0.15) is 24.2 Å². The van der Waals surface area contributed by atoms with E-state index in [-0.39, 0.29) is 5.78 Å². The zero-order valence-electron chi connectivity index (χ0n) is 14.6. The molecule has 8 heteroatoms. The maximum absolute atomic E-state index is 12.1. The van der Waals surface area contributed by atoms with Gasteiger partial charge in [-0.2, -0.15) is 0 Å². The number of halogens is 2. The van der Waals surface area contributed by atoms with E-state index in [1.54, 1.807) is 30.3 Å². The highest BCUT2D eigenvalue weighted by atomic mass is 35.5. The van der Waals surface area contributed by atoms with E-state index in [0.717, 1.165) is 0 Å². The standard InChI is InChI=1S/C19H17Cl2NO5/c1-11(23)13-4-3-5-15(8-13)26-10-18(24)27-12(2)19(25)22-17-9-14(20)6-7-16(17)21/h3-9,12H,10H2,1-2H3,(H,22,25)/t12-/m0/s1. The molecule has 0 saturated carbocycles. The maximum atomic E-state index is 12.1. The van der Waals surface area contributed by atoms with Crippen molar-refractivity contribution in [1.82, 2.24) is 0 Å². The van der Waals surface area contributed by atoms with Gasteiger partial charge < -0.3 is 14.8 Å². The molecular formula is C19H17Cl2NO5. The summed E-state index contributed by atoms with van der Waals surface area (Å²) in [7, 11) is 0. The Morgan fingerprint density at radius 1 is 1.11 bits per heavy atom. The number of ether oxygens (including phenoxy) is 2. The number of hydrogen-bond acceptors (Lipinski definition) is 5. The number of amides is 1. The van der Waals surface area contributed by atoms with Crippen molar-refractivity contribution in [3.8, 4) is 5.75 Å². The quantitative estimate of drug-likeness (QED) is 0.548. The monoisotopic (exact) mass is 409 g/mol. The van der Waals surface area contributed by atoms with Crippen LogP contribution in [-0.4, -0.2) is 30.4 Å². The maximum Gasteiger partial charge on any atom is 0.344 e. The lowest BCUT2D eigenvalue weighted by Gasteiger charge is -2.15. The molecule has 6 nitrogen and oxygen atoms in total.